The zero-order chi connectivity index (χ0) is 12.0. The highest BCUT2D eigenvalue weighted by Crippen LogP contribution is 2.38. The lowest BCUT2D eigenvalue weighted by Crippen LogP contribution is -2.36. The van der Waals surface area contributed by atoms with Crippen LogP contribution in [0.1, 0.15) is 10.4 Å². The van der Waals surface area contributed by atoms with Gasteiger partial charge < -0.3 is 4.90 Å². The number of hydrogen-bond acceptors (Lipinski definition) is 4. The molecule has 17 heavy (non-hydrogen) atoms. The van der Waals surface area contributed by atoms with Crippen molar-refractivity contribution in [2.45, 2.75) is 10.3 Å². The Morgan fingerprint density at radius 3 is 3.00 bits per heavy atom. The van der Waals surface area contributed by atoms with Crippen molar-refractivity contribution in [3.63, 3.8) is 0 Å². The summed E-state index contributed by atoms with van der Waals surface area (Å²) >= 11 is 6.09. The van der Waals surface area contributed by atoms with Gasteiger partial charge in [0.25, 0.3) is 5.91 Å². The Balaban J connectivity index is 2.12. The van der Waals surface area contributed by atoms with Crippen molar-refractivity contribution in [2.75, 3.05) is 12.3 Å². The number of thioether (sulfide) groups is 2. The van der Waals surface area contributed by atoms with E-state index in [4.69, 9.17) is 0 Å². The Labute approximate surface area is 115 Å². The molecule has 3 nitrogen and oxygen atoms in total. The lowest BCUT2D eigenvalue weighted by Gasteiger charge is -2.19. The van der Waals surface area contributed by atoms with E-state index in [1.807, 2.05) is 12.1 Å². The van der Waals surface area contributed by atoms with Gasteiger partial charge in [0.2, 0.25) is 5.12 Å². The van der Waals surface area contributed by atoms with E-state index in [1.54, 1.807) is 22.7 Å². The topological polar surface area (TPSA) is 37.4 Å². The van der Waals surface area contributed by atoms with Crippen LogP contribution in [0.25, 0.3) is 0 Å². The summed E-state index contributed by atoms with van der Waals surface area (Å²) in [6.07, 6.45) is 0. The molecule has 1 aromatic rings. The van der Waals surface area contributed by atoms with Gasteiger partial charge >= 0.3 is 0 Å². The van der Waals surface area contributed by atoms with Gasteiger partial charge in [0.05, 0.1) is 5.56 Å². The molecule has 0 spiro atoms. The predicted octanol–water partition coefficient (Wildman–Crippen LogP) is 2.60. The summed E-state index contributed by atoms with van der Waals surface area (Å²) < 4.78 is 0.864. The van der Waals surface area contributed by atoms with E-state index in [-0.39, 0.29) is 16.4 Å². The molecule has 6 heteroatoms. The number of amides is 1. The molecule has 1 saturated heterocycles. The maximum Gasteiger partial charge on any atom is 0.256 e. The second-order valence-corrected chi connectivity index (χ2v) is 6.93. The van der Waals surface area contributed by atoms with Crippen molar-refractivity contribution in [1.82, 2.24) is 4.90 Å². The largest absolute Gasteiger partial charge is 0.318 e. The molecule has 1 amide bonds. The van der Waals surface area contributed by atoms with Crippen LogP contribution < -0.4 is 0 Å². The van der Waals surface area contributed by atoms with Crippen LogP contribution in [-0.2, 0) is 4.79 Å². The van der Waals surface area contributed by atoms with E-state index >= 15 is 0 Å². The fourth-order valence-corrected chi connectivity index (χ4v) is 4.53. The van der Waals surface area contributed by atoms with E-state index in [9.17, 15) is 9.59 Å². The number of carbonyl (C=O) groups is 2. The summed E-state index contributed by atoms with van der Waals surface area (Å²) in [5.74, 6) is 0.807. The summed E-state index contributed by atoms with van der Waals surface area (Å²) in [4.78, 5) is 26.8. The van der Waals surface area contributed by atoms with Crippen molar-refractivity contribution >= 4 is 50.5 Å². The number of nitrogens with zero attached hydrogens (tertiary/aromatic N) is 1. The number of fused-ring (bicyclic) bond motifs is 2. The highest BCUT2D eigenvalue weighted by molar-refractivity contribution is 9.10. The van der Waals surface area contributed by atoms with Crippen LogP contribution >= 0.6 is 39.5 Å². The van der Waals surface area contributed by atoms with Gasteiger partial charge in [0, 0.05) is 21.7 Å². The monoisotopic (exact) mass is 329 g/mol. The number of benzene rings is 1. The average molecular weight is 330 g/mol. The van der Waals surface area contributed by atoms with Gasteiger partial charge in [-0.3, -0.25) is 9.59 Å². The van der Waals surface area contributed by atoms with E-state index in [2.05, 4.69) is 15.9 Å². The smallest absolute Gasteiger partial charge is 0.256 e. The minimum absolute atomic E-state index is 0.0327. The number of halogens is 1. The first kappa shape index (κ1) is 11.6. The van der Waals surface area contributed by atoms with E-state index in [1.165, 1.54) is 11.8 Å². The van der Waals surface area contributed by atoms with E-state index in [0.29, 0.717) is 12.1 Å². The molecule has 88 valence electrons. The van der Waals surface area contributed by atoms with Crippen molar-refractivity contribution < 1.29 is 9.59 Å². The van der Waals surface area contributed by atoms with Crippen molar-refractivity contribution in [1.29, 1.82) is 0 Å². The predicted molar refractivity (Wildman–Crippen MR) is 72.3 cm³/mol. The van der Waals surface area contributed by atoms with Crippen LogP contribution in [0, 0.1) is 0 Å². The van der Waals surface area contributed by atoms with Crippen LogP contribution in [0.4, 0.5) is 0 Å². The van der Waals surface area contributed by atoms with Gasteiger partial charge in [-0.1, -0.05) is 15.9 Å². The van der Waals surface area contributed by atoms with E-state index < -0.39 is 0 Å². The Morgan fingerprint density at radius 1 is 1.35 bits per heavy atom. The third kappa shape index (κ3) is 1.92. The molecule has 1 fully saturated rings. The van der Waals surface area contributed by atoms with Gasteiger partial charge in [-0.15, -0.1) is 11.8 Å². The molecule has 0 saturated carbocycles. The molecule has 2 aliphatic rings. The maximum absolute atomic E-state index is 12.3. The second-order valence-electron chi connectivity index (χ2n) is 3.78. The van der Waals surface area contributed by atoms with Crippen LogP contribution in [0.5, 0.6) is 0 Å². The third-order valence-electron chi connectivity index (χ3n) is 2.74. The molecule has 0 bridgehead atoms. The highest BCUT2D eigenvalue weighted by Gasteiger charge is 2.39. The van der Waals surface area contributed by atoms with E-state index in [0.717, 1.165) is 15.1 Å². The second kappa shape index (κ2) is 4.33. The first-order valence-electron chi connectivity index (χ1n) is 5.10. The fraction of sp³-hybridized carbons (Fsp3) is 0.273. The Kier molecular flexibility index (Phi) is 2.96. The quantitative estimate of drug-likeness (QED) is 0.733. The Bertz CT molecular complexity index is 520. The molecule has 0 radical (unpaired) electrons. The zero-order valence-electron chi connectivity index (χ0n) is 8.68. The molecule has 1 aromatic carbocycles. The molecule has 0 aromatic heterocycles. The molecule has 0 aliphatic carbocycles. The van der Waals surface area contributed by atoms with Crippen LogP contribution in [0.2, 0.25) is 0 Å². The summed E-state index contributed by atoms with van der Waals surface area (Å²) in [6.45, 7) is 0.659. The van der Waals surface area contributed by atoms with Crippen molar-refractivity contribution in [3.05, 3.63) is 28.2 Å². The minimum atomic E-state index is -0.307. The molecule has 0 unspecified atom stereocenters. The molecular weight excluding hydrogens is 322 g/mol. The SMILES string of the molecule is O=C1Sc2ccc(Br)cc2C(=O)N2CCS[C@H]12. The number of hydrogen-bond donors (Lipinski definition) is 0. The van der Waals surface area contributed by atoms with Crippen LogP contribution in [-0.4, -0.2) is 33.6 Å². The average Bonchev–Trinajstić information content (AvgIpc) is 2.76. The molecular formula is C11H8BrNO2S2. The Morgan fingerprint density at radius 2 is 2.18 bits per heavy atom. The molecule has 0 N–H and O–H groups in total. The summed E-state index contributed by atoms with van der Waals surface area (Å²) in [5.41, 5.74) is 0.628. The highest BCUT2D eigenvalue weighted by atomic mass is 79.9. The molecule has 2 heterocycles. The lowest BCUT2D eigenvalue weighted by molar-refractivity contribution is -0.112. The standard InChI is InChI=1S/C11H8BrNO2S2/c12-6-1-2-8-7(5-6)9(14)13-3-4-16-10(13)11(15)17-8/h1-2,5,10H,3-4H2/t10-/m1/s1. The van der Waals surface area contributed by atoms with Gasteiger partial charge in [-0.2, -0.15) is 0 Å². The van der Waals surface area contributed by atoms with Crippen molar-refractivity contribution in [3.8, 4) is 0 Å². The van der Waals surface area contributed by atoms with Gasteiger partial charge in [-0.25, -0.2) is 0 Å². The lowest BCUT2D eigenvalue weighted by atomic mass is 10.2. The summed E-state index contributed by atoms with van der Waals surface area (Å²) in [5, 5.41) is -0.249. The zero-order valence-corrected chi connectivity index (χ0v) is 11.9. The molecule has 2 aliphatic heterocycles. The minimum Gasteiger partial charge on any atom is -0.318 e. The van der Waals surface area contributed by atoms with Gasteiger partial charge in [0.1, 0.15) is 5.37 Å². The molecule has 1 atom stereocenters. The molecule has 3 rings (SSSR count). The van der Waals surface area contributed by atoms with Gasteiger partial charge in [-0.05, 0) is 30.0 Å². The fourth-order valence-electron chi connectivity index (χ4n) is 1.95. The summed E-state index contributed by atoms with van der Waals surface area (Å²) in [7, 11) is 0. The van der Waals surface area contributed by atoms with Crippen molar-refractivity contribution in [2.24, 2.45) is 0 Å². The number of carbonyl (C=O) groups excluding carboxylic acids is 2. The number of rotatable bonds is 0. The normalized spacial score (nSPS) is 23.4. The van der Waals surface area contributed by atoms with Crippen LogP contribution in [0.3, 0.4) is 0 Å². The third-order valence-corrected chi connectivity index (χ3v) is 5.58. The maximum atomic E-state index is 12.3. The van der Waals surface area contributed by atoms with Crippen LogP contribution in [0.15, 0.2) is 27.6 Å². The first-order chi connectivity index (χ1) is 8.16. The summed E-state index contributed by atoms with van der Waals surface area (Å²) in [6, 6.07) is 5.48. The first-order valence-corrected chi connectivity index (χ1v) is 7.76. The van der Waals surface area contributed by atoms with Gasteiger partial charge in [0.15, 0.2) is 0 Å². The Hall–Kier alpha value is -0.460.